The molecule has 1 aliphatic heterocycles. The second-order valence-electron chi connectivity index (χ2n) is 5.64. The SMILES string of the molecule is COc1ccc(OC)c2c1CN([C@@H](C)c1nnc(C)o1)C[C@@H]2O. The molecule has 0 spiro atoms. The van der Waals surface area contributed by atoms with Crippen LogP contribution in [0.5, 0.6) is 11.5 Å². The summed E-state index contributed by atoms with van der Waals surface area (Å²) in [6.45, 7) is 4.81. The predicted molar refractivity (Wildman–Crippen MR) is 82.4 cm³/mol. The molecule has 3 rings (SSSR count). The van der Waals surface area contributed by atoms with Gasteiger partial charge in [0.1, 0.15) is 11.5 Å². The van der Waals surface area contributed by atoms with E-state index < -0.39 is 6.10 Å². The summed E-state index contributed by atoms with van der Waals surface area (Å²) in [5.74, 6) is 2.48. The minimum absolute atomic E-state index is 0.102. The van der Waals surface area contributed by atoms with Gasteiger partial charge < -0.3 is 19.0 Å². The lowest BCUT2D eigenvalue weighted by Crippen LogP contribution is -2.36. The summed E-state index contributed by atoms with van der Waals surface area (Å²) in [4.78, 5) is 2.09. The van der Waals surface area contributed by atoms with Crippen molar-refractivity contribution < 1.29 is 19.0 Å². The molecule has 7 nitrogen and oxygen atoms in total. The molecule has 0 bridgehead atoms. The van der Waals surface area contributed by atoms with Gasteiger partial charge in [0.25, 0.3) is 0 Å². The molecule has 0 saturated carbocycles. The molecule has 1 aromatic carbocycles. The fraction of sp³-hybridized carbons (Fsp3) is 0.500. The first-order valence-electron chi connectivity index (χ1n) is 7.51. The molecular weight excluding hydrogens is 298 g/mol. The average Bonchev–Trinajstić information content (AvgIpc) is 2.99. The van der Waals surface area contributed by atoms with Crippen LogP contribution in [0.4, 0.5) is 0 Å². The highest BCUT2D eigenvalue weighted by Crippen LogP contribution is 2.41. The average molecular weight is 319 g/mol. The second-order valence-corrected chi connectivity index (χ2v) is 5.64. The molecule has 0 amide bonds. The van der Waals surface area contributed by atoms with Gasteiger partial charge in [-0.15, -0.1) is 10.2 Å². The van der Waals surface area contributed by atoms with E-state index in [0.29, 0.717) is 30.6 Å². The molecule has 1 aliphatic rings. The van der Waals surface area contributed by atoms with Gasteiger partial charge in [0.2, 0.25) is 11.8 Å². The predicted octanol–water partition coefficient (Wildman–Crippen LogP) is 2.01. The molecule has 23 heavy (non-hydrogen) atoms. The Labute approximate surface area is 134 Å². The second kappa shape index (κ2) is 6.17. The van der Waals surface area contributed by atoms with Gasteiger partial charge in [-0.25, -0.2) is 0 Å². The van der Waals surface area contributed by atoms with Crippen molar-refractivity contribution in [2.45, 2.75) is 32.5 Å². The Kier molecular flexibility index (Phi) is 4.23. The molecule has 0 saturated heterocycles. The third-order valence-electron chi connectivity index (χ3n) is 4.26. The fourth-order valence-electron chi connectivity index (χ4n) is 3.03. The van der Waals surface area contributed by atoms with Crippen molar-refractivity contribution in [3.05, 3.63) is 35.0 Å². The minimum atomic E-state index is -0.671. The Morgan fingerprint density at radius 2 is 1.96 bits per heavy atom. The van der Waals surface area contributed by atoms with Crippen molar-refractivity contribution in [1.29, 1.82) is 0 Å². The van der Waals surface area contributed by atoms with Crippen LogP contribution in [0.3, 0.4) is 0 Å². The van der Waals surface area contributed by atoms with Crippen LogP contribution in [0.1, 0.15) is 42.0 Å². The van der Waals surface area contributed by atoms with Gasteiger partial charge >= 0.3 is 0 Å². The first-order valence-corrected chi connectivity index (χ1v) is 7.51. The number of rotatable bonds is 4. The molecule has 1 aromatic heterocycles. The van der Waals surface area contributed by atoms with E-state index in [-0.39, 0.29) is 6.04 Å². The van der Waals surface area contributed by atoms with Crippen LogP contribution >= 0.6 is 0 Å². The zero-order valence-electron chi connectivity index (χ0n) is 13.7. The number of β-amino-alcohol motifs (C(OH)–C–C–N with tert-alkyl or cyclic N) is 1. The van der Waals surface area contributed by atoms with Crippen molar-refractivity contribution >= 4 is 0 Å². The number of fused-ring (bicyclic) bond motifs is 1. The summed E-state index contributed by atoms with van der Waals surface area (Å²) in [5, 5.41) is 18.6. The number of hydrogen-bond acceptors (Lipinski definition) is 7. The number of benzene rings is 1. The van der Waals surface area contributed by atoms with E-state index in [1.54, 1.807) is 21.1 Å². The quantitative estimate of drug-likeness (QED) is 0.923. The lowest BCUT2D eigenvalue weighted by molar-refractivity contribution is 0.0584. The number of nitrogens with zero attached hydrogens (tertiary/aromatic N) is 3. The topological polar surface area (TPSA) is 80.9 Å². The smallest absolute Gasteiger partial charge is 0.233 e. The summed E-state index contributed by atoms with van der Waals surface area (Å²) in [6, 6.07) is 3.58. The molecule has 0 radical (unpaired) electrons. The van der Waals surface area contributed by atoms with E-state index in [4.69, 9.17) is 13.9 Å². The van der Waals surface area contributed by atoms with Crippen LogP contribution in [0.2, 0.25) is 0 Å². The molecule has 0 fully saturated rings. The Bertz CT molecular complexity index is 701. The Morgan fingerprint density at radius 1 is 1.26 bits per heavy atom. The number of ether oxygens (including phenoxy) is 2. The lowest BCUT2D eigenvalue weighted by Gasteiger charge is -2.36. The summed E-state index contributed by atoms with van der Waals surface area (Å²) in [6.07, 6.45) is -0.671. The Hall–Kier alpha value is -2.12. The highest BCUT2D eigenvalue weighted by atomic mass is 16.5. The summed E-state index contributed by atoms with van der Waals surface area (Å²) in [5.41, 5.74) is 1.71. The molecule has 7 heteroatoms. The Morgan fingerprint density at radius 3 is 2.57 bits per heavy atom. The van der Waals surface area contributed by atoms with Gasteiger partial charge in [0.15, 0.2) is 0 Å². The highest BCUT2D eigenvalue weighted by molar-refractivity contribution is 5.51. The number of aliphatic hydroxyl groups is 1. The number of methoxy groups -OCH3 is 2. The maximum absolute atomic E-state index is 10.6. The van der Waals surface area contributed by atoms with E-state index in [2.05, 4.69) is 15.1 Å². The van der Waals surface area contributed by atoms with Crippen molar-refractivity contribution in [1.82, 2.24) is 15.1 Å². The van der Waals surface area contributed by atoms with Crippen LogP contribution in [0.25, 0.3) is 0 Å². The van der Waals surface area contributed by atoms with Crippen LogP contribution in [-0.2, 0) is 6.54 Å². The van der Waals surface area contributed by atoms with Crippen LogP contribution in [0.15, 0.2) is 16.5 Å². The number of hydrogen-bond donors (Lipinski definition) is 1. The van der Waals surface area contributed by atoms with Crippen molar-refractivity contribution in [3.63, 3.8) is 0 Å². The summed E-state index contributed by atoms with van der Waals surface area (Å²) >= 11 is 0. The number of aliphatic hydroxyl groups excluding tert-OH is 1. The first kappa shape index (κ1) is 15.8. The van der Waals surface area contributed by atoms with Gasteiger partial charge in [-0.2, -0.15) is 0 Å². The zero-order valence-corrected chi connectivity index (χ0v) is 13.7. The third kappa shape index (κ3) is 2.77. The van der Waals surface area contributed by atoms with Crippen LogP contribution in [-0.4, -0.2) is 41.0 Å². The van der Waals surface area contributed by atoms with Crippen molar-refractivity contribution in [2.24, 2.45) is 0 Å². The molecular formula is C16H21N3O4. The minimum Gasteiger partial charge on any atom is -0.496 e. The normalized spacial score (nSPS) is 19.3. The zero-order chi connectivity index (χ0) is 16.6. The number of aromatic nitrogens is 2. The van der Waals surface area contributed by atoms with E-state index in [9.17, 15) is 5.11 Å². The summed E-state index contributed by atoms with van der Waals surface area (Å²) in [7, 11) is 3.23. The van der Waals surface area contributed by atoms with Gasteiger partial charge in [0, 0.05) is 31.1 Å². The van der Waals surface area contributed by atoms with Gasteiger partial charge in [-0.05, 0) is 19.1 Å². The molecule has 2 atom stereocenters. The largest absolute Gasteiger partial charge is 0.496 e. The van der Waals surface area contributed by atoms with E-state index >= 15 is 0 Å². The Balaban J connectivity index is 1.96. The molecule has 2 heterocycles. The fourth-order valence-corrected chi connectivity index (χ4v) is 3.03. The lowest BCUT2D eigenvalue weighted by atomic mass is 9.94. The highest BCUT2D eigenvalue weighted by Gasteiger charge is 2.33. The van der Waals surface area contributed by atoms with Gasteiger partial charge in [-0.1, -0.05) is 0 Å². The van der Waals surface area contributed by atoms with Crippen LogP contribution in [0, 0.1) is 6.92 Å². The third-order valence-corrected chi connectivity index (χ3v) is 4.26. The monoisotopic (exact) mass is 319 g/mol. The van der Waals surface area contributed by atoms with E-state index in [1.807, 2.05) is 19.1 Å². The molecule has 1 N–H and O–H groups in total. The standard InChI is InChI=1S/C16H21N3O4/c1-9(16-18-17-10(2)23-16)19-7-11-13(21-3)5-6-14(22-4)15(11)12(20)8-19/h5-6,9,12,20H,7-8H2,1-4H3/t9-,12-/m0/s1. The van der Waals surface area contributed by atoms with E-state index in [1.165, 1.54) is 0 Å². The number of aryl methyl sites for hydroxylation is 1. The first-order chi connectivity index (χ1) is 11.0. The maximum Gasteiger partial charge on any atom is 0.233 e. The molecule has 0 aliphatic carbocycles. The molecule has 2 aromatic rings. The summed E-state index contributed by atoms with van der Waals surface area (Å²) < 4.78 is 16.4. The maximum atomic E-state index is 10.6. The molecule has 0 unspecified atom stereocenters. The van der Waals surface area contributed by atoms with Crippen molar-refractivity contribution in [3.8, 4) is 11.5 Å². The van der Waals surface area contributed by atoms with E-state index in [0.717, 1.165) is 16.9 Å². The van der Waals surface area contributed by atoms with Crippen molar-refractivity contribution in [2.75, 3.05) is 20.8 Å². The van der Waals surface area contributed by atoms with Gasteiger partial charge in [0.05, 0.1) is 26.4 Å². The van der Waals surface area contributed by atoms with Gasteiger partial charge in [-0.3, -0.25) is 4.90 Å². The molecule has 124 valence electrons. The van der Waals surface area contributed by atoms with Crippen LogP contribution < -0.4 is 9.47 Å².